The fraction of sp³-hybridized carbons (Fsp3) is 0.167. The zero-order valence-corrected chi connectivity index (χ0v) is 15.1. The molecule has 2 heterocycles. The molecule has 0 amide bonds. The van der Waals surface area contributed by atoms with Crippen LogP contribution in [-0.2, 0) is 13.6 Å². The van der Waals surface area contributed by atoms with Gasteiger partial charge in [0, 0.05) is 17.6 Å². The first-order chi connectivity index (χ1) is 13.1. The third-order valence-corrected chi connectivity index (χ3v) is 5.02. The van der Waals surface area contributed by atoms with Crippen LogP contribution in [0.25, 0.3) is 16.7 Å². The summed E-state index contributed by atoms with van der Waals surface area (Å²) in [5, 5.41) is 12.0. The van der Waals surface area contributed by atoms with E-state index in [0.717, 1.165) is 0 Å². The first kappa shape index (κ1) is 17.5. The van der Waals surface area contributed by atoms with E-state index in [1.54, 1.807) is 47.8 Å². The Hall–Kier alpha value is -2.94. The minimum Gasteiger partial charge on any atom is -0.377 e. The minimum atomic E-state index is -2.50. The van der Waals surface area contributed by atoms with Gasteiger partial charge < -0.3 is 5.32 Å². The molecule has 2 aromatic heterocycles. The van der Waals surface area contributed by atoms with Gasteiger partial charge in [-0.2, -0.15) is 8.78 Å². The highest BCUT2D eigenvalue weighted by molar-refractivity contribution is 7.99. The van der Waals surface area contributed by atoms with Crippen LogP contribution in [0.2, 0.25) is 0 Å². The molecule has 0 radical (unpaired) electrons. The second-order valence-corrected chi connectivity index (χ2v) is 6.89. The maximum absolute atomic E-state index is 12.8. The van der Waals surface area contributed by atoms with Gasteiger partial charge in [0.1, 0.15) is 0 Å². The number of para-hydroxylation sites is 2. The summed E-state index contributed by atoms with van der Waals surface area (Å²) in [4.78, 5) is 12.9. The van der Waals surface area contributed by atoms with Crippen LogP contribution in [-0.4, -0.2) is 24.9 Å². The monoisotopic (exact) mass is 387 g/mol. The van der Waals surface area contributed by atoms with Crippen molar-refractivity contribution in [3.05, 3.63) is 64.7 Å². The topological polar surface area (TPSA) is 64.2 Å². The highest BCUT2D eigenvalue weighted by Crippen LogP contribution is 2.31. The zero-order chi connectivity index (χ0) is 19.0. The second kappa shape index (κ2) is 6.99. The van der Waals surface area contributed by atoms with Crippen LogP contribution >= 0.6 is 11.8 Å². The maximum Gasteiger partial charge on any atom is 0.288 e. The predicted octanol–water partition coefficient (Wildman–Crippen LogP) is 3.51. The SMILES string of the molecule is Cn1c(=O)c2ccccc2n2c(CNc3ccccc3SC(F)F)nnc12. The Labute approximate surface area is 156 Å². The largest absolute Gasteiger partial charge is 0.377 e. The fourth-order valence-electron chi connectivity index (χ4n) is 2.99. The average Bonchev–Trinajstić information content (AvgIpc) is 3.09. The molecular weight excluding hydrogens is 372 g/mol. The first-order valence-electron chi connectivity index (χ1n) is 8.15. The number of aryl methyl sites for hydroxylation is 1. The number of nitrogens with zero attached hydrogens (tertiary/aromatic N) is 4. The second-order valence-electron chi connectivity index (χ2n) is 5.86. The molecule has 2 aromatic carbocycles. The lowest BCUT2D eigenvalue weighted by atomic mass is 10.2. The van der Waals surface area contributed by atoms with Gasteiger partial charge in [-0.25, -0.2) is 0 Å². The predicted molar refractivity (Wildman–Crippen MR) is 101 cm³/mol. The molecule has 0 spiro atoms. The number of alkyl halides is 2. The van der Waals surface area contributed by atoms with Crippen LogP contribution in [0.5, 0.6) is 0 Å². The van der Waals surface area contributed by atoms with Crippen LogP contribution in [0.1, 0.15) is 5.82 Å². The van der Waals surface area contributed by atoms with Gasteiger partial charge in [-0.3, -0.25) is 13.8 Å². The summed E-state index contributed by atoms with van der Waals surface area (Å²) in [6.07, 6.45) is 0. The Morgan fingerprint density at radius 1 is 1.11 bits per heavy atom. The number of benzene rings is 2. The van der Waals surface area contributed by atoms with Crippen molar-refractivity contribution in [1.82, 2.24) is 19.2 Å². The molecule has 0 saturated heterocycles. The van der Waals surface area contributed by atoms with Crippen molar-refractivity contribution in [3.8, 4) is 0 Å². The third-order valence-electron chi connectivity index (χ3n) is 4.23. The van der Waals surface area contributed by atoms with E-state index >= 15 is 0 Å². The summed E-state index contributed by atoms with van der Waals surface area (Å²) in [7, 11) is 1.64. The maximum atomic E-state index is 12.8. The summed E-state index contributed by atoms with van der Waals surface area (Å²) < 4.78 is 28.8. The molecule has 4 aromatic rings. The van der Waals surface area contributed by atoms with E-state index in [9.17, 15) is 13.6 Å². The fourth-order valence-corrected chi connectivity index (χ4v) is 3.61. The van der Waals surface area contributed by atoms with Gasteiger partial charge in [-0.1, -0.05) is 36.0 Å². The van der Waals surface area contributed by atoms with Gasteiger partial charge in [0.25, 0.3) is 11.3 Å². The van der Waals surface area contributed by atoms with Gasteiger partial charge in [-0.15, -0.1) is 10.2 Å². The Morgan fingerprint density at radius 3 is 2.67 bits per heavy atom. The highest BCUT2D eigenvalue weighted by atomic mass is 32.2. The summed E-state index contributed by atoms with van der Waals surface area (Å²) in [5.74, 6) is -1.50. The van der Waals surface area contributed by atoms with Crippen molar-refractivity contribution in [2.45, 2.75) is 17.2 Å². The summed E-state index contributed by atoms with van der Waals surface area (Å²) >= 11 is 0.489. The molecule has 0 fully saturated rings. The number of nitrogens with one attached hydrogen (secondary N) is 1. The van der Waals surface area contributed by atoms with Gasteiger partial charge in [0.2, 0.25) is 5.78 Å². The lowest BCUT2D eigenvalue weighted by Gasteiger charge is -2.11. The lowest BCUT2D eigenvalue weighted by Crippen LogP contribution is -2.20. The molecule has 0 aliphatic heterocycles. The number of rotatable bonds is 5. The van der Waals surface area contributed by atoms with E-state index in [1.165, 1.54) is 4.57 Å². The number of aromatic nitrogens is 4. The minimum absolute atomic E-state index is 0.149. The standard InChI is InChI=1S/C18H15F2N5OS/c1-24-16(26)11-6-2-4-8-13(11)25-15(22-23-18(24)25)10-21-12-7-3-5-9-14(12)27-17(19)20/h2-9,17,21H,10H2,1H3. The highest BCUT2D eigenvalue weighted by Gasteiger charge is 2.15. The number of hydrogen-bond donors (Lipinski definition) is 1. The number of anilines is 1. The van der Waals surface area contributed by atoms with Gasteiger partial charge in [-0.05, 0) is 24.3 Å². The molecule has 0 aliphatic rings. The van der Waals surface area contributed by atoms with Crippen LogP contribution in [0, 0.1) is 0 Å². The smallest absolute Gasteiger partial charge is 0.288 e. The van der Waals surface area contributed by atoms with Crippen molar-refractivity contribution in [2.75, 3.05) is 5.32 Å². The van der Waals surface area contributed by atoms with Gasteiger partial charge >= 0.3 is 0 Å². The molecule has 0 aliphatic carbocycles. The average molecular weight is 387 g/mol. The van der Waals surface area contributed by atoms with Crippen LogP contribution in [0.3, 0.4) is 0 Å². The van der Waals surface area contributed by atoms with E-state index in [4.69, 9.17) is 0 Å². The van der Waals surface area contributed by atoms with Crippen LogP contribution < -0.4 is 10.9 Å². The van der Waals surface area contributed by atoms with E-state index in [-0.39, 0.29) is 12.1 Å². The van der Waals surface area contributed by atoms with Crippen LogP contribution in [0.15, 0.2) is 58.2 Å². The Bertz CT molecular complexity index is 1190. The van der Waals surface area contributed by atoms with Gasteiger partial charge in [0.05, 0.1) is 17.4 Å². The normalized spacial score (nSPS) is 11.6. The van der Waals surface area contributed by atoms with Gasteiger partial charge in [0.15, 0.2) is 5.82 Å². The summed E-state index contributed by atoms with van der Waals surface area (Å²) in [5.41, 5.74) is 1.14. The third kappa shape index (κ3) is 3.14. The quantitative estimate of drug-likeness (QED) is 0.531. The van der Waals surface area contributed by atoms with Crippen molar-refractivity contribution in [1.29, 1.82) is 0 Å². The van der Waals surface area contributed by atoms with Crippen molar-refractivity contribution in [2.24, 2.45) is 7.05 Å². The molecule has 6 nitrogen and oxygen atoms in total. The Kier molecular flexibility index (Phi) is 4.53. The molecule has 138 valence electrons. The summed E-state index contributed by atoms with van der Waals surface area (Å²) in [6, 6.07) is 14.1. The molecule has 0 unspecified atom stereocenters. The molecule has 0 bridgehead atoms. The molecular formula is C18H15F2N5OS. The Morgan fingerprint density at radius 2 is 1.85 bits per heavy atom. The molecule has 1 N–H and O–H groups in total. The Balaban J connectivity index is 1.75. The van der Waals surface area contributed by atoms with E-state index < -0.39 is 5.76 Å². The first-order valence-corrected chi connectivity index (χ1v) is 9.03. The number of halogens is 2. The molecule has 9 heteroatoms. The van der Waals surface area contributed by atoms with E-state index in [2.05, 4.69) is 15.5 Å². The van der Waals surface area contributed by atoms with E-state index in [0.29, 0.717) is 44.8 Å². The van der Waals surface area contributed by atoms with Crippen molar-refractivity contribution in [3.63, 3.8) is 0 Å². The molecule has 0 atom stereocenters. The van der Waals surface area contributed by atoms with Crippen molar-refractivity contribution >= 4 is 34.1 Å². The number of fused-ring (bicyclic) bond motifs is 3. The lowest BCUT2D eigenvalue weighted by molar-refractivity contribution is 0.252. The number of hydrogen-bond acceptors (Lipinski definition) is 5. The summed E-state index contributed by atoms with van der Waals surface area (Å²) in [6.45, 7) is 0.268. The molecule has 0 saturated carbocycles. The van der Waals surface area contributed by atoms with Crippen LogP contribution in [0.4, 0.5) is 14.5 Å². The number of thioether (sulfide) groups is 1. The van der Waals surface area contributed by atoms with Crippen molar-refractivity contribution < 1.29 is 8.78 Å². The molecule has 4 rings (SSSR count). The molecule has 27 heavy (non-hydrogen) atoms. The zero-order valence-electron chi connectivity index (χ0n) is 14.3. The van der Waals surface area contributed by atoms with E-state index in [1.807, 2.05) is 12.1 Å².